The number of nitrogens with zero attached hydrogens (tertiary/aromatic N) is 1. The van der Waals surface area contributed by atoms with Gasteiger partial charge in [-0.25, -0.2) is 0 Å². The molecule has 202 valence electrons. The van der Waals surface area contributed by atoms with Crippen molar-refractivity contribution in [2.75, 3.05) is 24.7 Å². The van der Waals surface area contributed by atoms with E-state index in [-0.39, 0.29) is 11.3 Å². The van der Waals surface area contributed by atoms with Crippen LogP contribution in [0.4, 0.5) is 5.69 Å². The number of fused-ring (bicyclic) bond motifs is 1. The van der Waals surface area contributed by atoms with Gasteiger partial charge in [0, 0.05) is 17.3 Å². The minimum atomic E-state index is -0.816. The molecule has 0 aromatic heterocycles. The molecule has 2 heterocycles. The smallest absolute Gasteiger partial charge is 0.300 e. The number of amides is 1. The molecular formula is C32H33NO6. The number of ketones is 1. The molecule has 0 saturated carbocycles. The Morgan fingerprint density at radius 2 is 1.64 bits per heavy atom. The van der Waals surface area contributed by atoms with Gasteiger partial charge in [0.2, 0.25) is 0 Å². The second-order valence-corrected chi connectivity index (χ2v) is 9.67. The molecule has 2 aliphatic heterocycles. The summed E-state index contributed by atoms with van der Waals surface area (Å²) in [5.74, 6) is 0.0970. The number of hydrogen-bond acceptors (Lipinski definition) is 6. The first kappa shape index (κ1) is 26.4. The van der Waals surface area contributed by atoms with Crippen LogP contribution in [0.3, 0.4) is 0 Å². The molecule has 0 spiro atoms. The molecule has 7 heteroatoms. The van der Waals surface area contributed by atoms with Gasteiger partial charge in [-0.05, 0) is 60.4 Å². The number of rotatable bonds is 9. The summed E-state index contributed by atoms with van der Waals surface area (Å²) in [6, 6.07) is 19.1. The SMILES string of the molecule is CCCCCOc1ccc(/C(O)=C2\C(=O)C(=O)N(c3ccc4c(c3)OCCO4)C2c2ccc(CC)cc2)cc1. The predicted molar refractivity (Wildman–Crippen MR) is 149 cm³/mol. The summed E-state index contributed by atoms with van der Waals surface area (Å²) in [7, 11) is 0. The van der Waals surface area contributed by atoms with Crippen LogP contribution >= 0.6 is 0 Å². The minimum Gasteiger partial charge on any atom is -0.507 e. The maximum absolute atomic E-state index is 13.5. The van der Waals surface area contributed by atoms with Crippen molar-refractivity contribution in [2.45, 2.75) is 45.6 Å². The molecule has 1 atom stereocenters. The molecule has 1 N–H and O–H groups in total. The van der Waals surface area contributed by atoms with Crippen LogP contribution in [0.25, 0.3) is 5.76 Å². The Morgan fingerprint density at radius 1 is 0.923 bits per heavy atom. The lowest BCUT2D eigenvalue weighted by Crippen LogP contribution is -2.29. The van der Waals surface area contributed by atoms with Gasteiger partial charge in [0.25, 0.3) is 11.7 Å². The van der Waals surface area contributed by atoms with Gasteiger partial charge in [-0.3, -0.25) is 14.5 Å². The van der Waals surface area contributed by atoms with E-state index in [1.54, 1.807) is 42.5 Å². The topological polar surface area (TPSA) is 85.3 Å². The summed E-state index contributed by atoms with van der Waals surface area (Å²) in [5, 5.41) is 11.4. The average molecular weight is 528 g/mol. The largest absolute Gasteiger partial charge is 0.507 e. The zero-order valence-corrected chi connectivity index (χ0v) is 22.3. The highest BCUT2D eigenvalue weighted by molar-refractivity contribution is 6.51. The predicted octanol–water partition coefficient (Wildman–Crippen LogP) is 6.22. The second-order valence-electron chi connectivity index (χ2n) is 9.67. The quantitative estimate of drug-likeness (QED) is 0.154. The third kappa shape index (κ3) is 5.35. The monoisotopic (exact) mass is 527 g/mol. The van der Waals surface area contributed by atoms with Gasteiger partial charge in [0.15, 0.2) is 11.5 Å². The van der Waals surface area contributed by atoms with Gasteiger partial charge in [-0.1, -0.05) is 51.0 Å². The molecule has 3 aromatic rings. The maximum Gasteiger partial charge on any atom is 0.300 e. The molecule has 0 radical (unpaired) electrons. The van der Waals surface area contributed by atoms with Crippen molar-refractivity contribution in [2.24, 2.45) is 0 Å². The number of hydrogen-bond donors (Lipinski definition) is 1. The molecule has 7 nitrogen and oxygen atoms in total. The Balaban J connectivity index is 1.55. The number of carbonyl (C=O) groups excluding carboxylic acids is 2. The van der Waals surface area contributed by atoms with E-state index in [0.717, 1.165) is 36.8 Å². The van der Waals surface area contributed by atoms with E-state index in [1.165, 1.54) is 4.90 Å². The van der Waals surface area contributed by atoms with Crippen molar-refractivity contribution < 1.29 is 28.9 Å². The van der Waals surface area contributed by atoms with E-state index in [2.05, 4.69) is 13.8 Å². The molecule has 39 heavy (non-hydrogen) atoms. The highest BCUT2D eigenvalue weighted by atomic mass is 16.6. The van der Waals surface area contributed by atoms with Crippen LogP contribution in [-0.2, 0) is 16.0 Å². The highest BCUT2D eigenvalue weighted by Crippen LogP contribution is 2.44. The number of unbranched alkanes of at least 4 members (excludes halogenated alkanes) is 2. The Hall–Kier alpha value is -4.26. The van der Waals surface area contributed by atoms with E-state index >= 15 is 0 Å². The molecule has 3 aromatic carbocycles. The minimum absolute atomic E-state index is 0.0377. The third-order valence-corrected chi connectivity index (χ3v) is 7.10. The number of ether oxygens (including phenoxy) is 3. The summed E-state index contributed by atoms with van der Waals surface area (Å²) in [6.07, 6.45) is 4.04. The number of carbonyl (C=O) groups is 2. The van der Waals surface area contributed by atoms with Crippen LogP contribution in [0, 0.1) is 0 Å². The lowest BCUT2D eigenvalue weighted by molar-refractivity contribution is -0.132. The second kappa shape index (κ2) is 11.6. The fourth-order valence-corrected chi connectivity index (χ4v) is 4.94. The molecule has 5 rings (SSSR count). The van der Waals surface area contributed by atoms with Crippen molar-refractivity contribution >= 4 is 23.1 Å². The average Bonchev–Trinajstić information content (AvgIpc) is 3.25. The van der Waals surface area contributed by atoms with Crippen LogP contribution in [0.15, 0.2) is 72.3 Å². The number of Topliss-reactive ketones (excluding diaryl/α,β-unsaturated/α-hetero) is 1. The Kier molecular flexibility index (Phi) is 7.87. The van der Waals surface area contributed by atoms with Gasteiger partial charge < -0.3 is 19.3 Å². The van der Waals surface area contributed by atoms with Crippen molar-refractivity contribution in [3.8, 4) is 17.2 Å². The number of aliphatic hydroxyl groups is 1. The standard InChI is InChI=1S/C32H33NO6/c1-3-5-6-17-37-25-14-11-23(12-15-25)30(34)28-29(22-9-7-21(4-2)8-10-22)33(32(36)31(28)35)24-13-16-26-27(20-24)39-19-18-38-26/h7-16,20,29,34H,3-6,17-19H2,1-2H3/b30-28+. The first-order valence-electron chi connectivity index (χ1n) is 13.5. The normalized spacial score (nSPS) is 17.9. The van der Waals surface area contributed by atoms with Gasteiger partial charge in [0.1, 0.15) is 24.7 Å². The summed E-state index contributed by atoms with van der Waals surface area (Å²) >= 11 is 0. The van der Waals surface area contributed by atoms with Crippen molar-refractivity contribution in [1.29, 1.82) is 0 Å². The van der Waals surface area contributed by atoms with E-state index in [4.69, 9.17) is 14.2 Å². The zero-order valence-electron chi connectivity index (χ0n) is 22.3. The van der Waals surface area contributed by atoms with Gasteiger partial charge in [-0.15, -0.1) is 0 Å². The number of aliphatic hydroxyl groups excluding tert-OH is 1. The van der Waals surface area contributed by atoms with Gasteiger partial charge in [0.05, 0.1) is 18.2 Å². The van der Waals surface area contributed by atoms with Crippen LogP contribution < -0.4 is 19.1 Å². The fraction of sp³-hybridized carbons (Fsp3) is 0.312. The van der Waals surface area contributed by atoms with Crippen molar-refractivity contribution in [3.63, 3.8) is 0 Å². The van der Waals surface area contributed by atoms with Crippen LogP contribution in [0.1, 0.15) is 55.8 Å². The molecule has 1 fully saturated rings. The molecule has 1 unspecified atom stereocenters. The molecule has 1 saturated heterocycles. The van der Waals surface area contributed by atoms with E-state index in [1.807, 2.05) is 24.3 Å². The van der Waals surface area contributed by atoms with Crippen LogP contribution in [-0.4, -0.2) is 36.6 Å². The zero-order chi connectivity index (χ0) is 27.4. The maximum atomic E-state index is 13.5. The number of anilines is 1. The van der Waals surface area contributed by atoms with Crippen LogP contribution in [0.2, 0.25) is 0 Å². The highest BCUT2D eigenvalue weighted by Gasteiger charge is 2.47. The third-order valence-electron chi connectivity index (χ3n) is 7.10. The van der Waals surface area contributed by atoms with Crippen LogP contribution in [0.5, 0.6) is 17.2 Å². The number of benzene rings is 3. The molecule has 2 aliphatic rings. The van der Waals surface area contributed by atoms with E-state index in [0.29, 0.717) is 48.3 Å². The van der Waals surface area contributed by atoms with Crippen molar-refractivity contribution in [3.05, 3.63) is 89.0 Å². The molecule has 0 bridgehead atoms. The first-order valence-corrected chi connectivity index (χ1v) is 13.5. The fourth-order valence-electron chi connectivity index (χ4n) is 4.94. The Labute approximate surface area is 228 Å². The lowest BCUT2D eigenvalue weighted by atomic mass is 9.94. The summed E-state index contributed by atoms with van der Waals surface area (Å²) in [5.41, 5.74) is 2.81. The summed E-state index contributed by atoms with van der Waals surface area (Å²) in [4.78, 5) is 28.4. The lowest BCUT2D eigenvalue weighted by Gasteiger charge is -2.27. The molecular weight excluding hydrogens is 494 g/mol. The molecule has 1 amide bonds. The first-order chi connectivity index (χ1) is 19.0. The van der Waals surface area contributed by atoms with E-state index in [9.17, 15) is 14.7 Å². The number of aryl methyl sites for hydroxylation is 1. The van der Waals surface area contributed by atoms with Gasteiger partial charge >= 0.3 is 0 Å². The Morgan fingerprint density at radius 3 is 2.33 bits per heavy atom. The summed E-state index contributed by atoms with van der Waals surface area (Å²) in [6.45, 7) is 5.67. The van der Waals surface area contributed by atoms with Gasteiger partial charge in [-0.2, -0.15) is 0 Å². The summed E-state index contributed by atoms with van der Waals surface area (Å²) < 4.78 is 17.2. The Bertz CT molecular complexity index is 1380. The molecule has 0 aliphatic carbocycles. The van der Waals surface area contributed by atoms with E-state index < -0.39 is 17.7 Å². The van der Waals surface area contributed by atoms with Crippen molar-refractivity contribution in [1.82, 2.24) is 0 Å².